The Hall–Kier alpha value is -2.64. The van der Waals surface area contributed by atoms with E-state index >= 15 is 0 Å². The fraction of sp³-hybridized carbons (Fsp3) is 0.278. The standard InChI is InChI=1S/C18H17ClN4O3/c19-12-1-2-14-15(6-12)21-17(7-16(14)22-4-3-20-10-22)23-8-11(18(25)26)5-13(24)9-23/h1-4,6-7,10-11,13,24H,5,8-9H2,(H,25,26). The summed E-state index contributed by atoms with van der Waals surface area (Å²) in [5, 5.41) is 20.9. The summed E-state index contributed by atoms with van der Waals surface area (Å²) in [6.45, 7) is 0.640. The van der Waals surface area contributed by atoms with Gasteiger partial charge in [-0.2, -0.15) is 0 Å². The van der Waals surface area contributed by atoms with E-state index in [0.29, 0.717) is 29.4 Å². The van der Waals surface area contributed by atoms with Crippen LogP contribution in [0.15, 0.2) is 43.0 Å². The van der Waals surface area contributed by atoms with Gasteiger partial charge in [0.25, 0.3) is 0 Å². The number of carboxylic acids is 1. The number of nitrogens with zero attached hydrogens (tertiary/aromatic N) is 4. The number of benzene rings is 1. The Morgan fingerprint density at radius 2 is 2.12 bits per heavy atom. The molecule has 1 aromatic carbocycles. The third-order valence-corrected chi connectivity index (χ3v) is 4.86. The molecule has 134 valence electrons. The number of carbonyl (C=O) groups is 1. The first kappa shape index (κ1) is 16.8. The zero-order chi connectivity index (χ0) is 18.3. The van der Waals surface area contributed by atoms with Crippen LogP contribution in [0.25, 0.3) is 16.6 Å². The number of aliphatic hydroxyl groups is 1. The monoisotopic (exact) mass is 372 g/mol. The molecule has 0 radical (unpaired) electrons. The molecule has 3 heterocycles. The van der Waals surface area contributed by atoms with Crippen molar-refractivity contribution in [1.29, 1.82) is 0 Å². The molecule has 4 rings (SSSR count). The highest BCUT2D eigenvalue weighted by atomic mass is 35.5. The first-order chi connectivity index (χ1) is 12.5. The van der Waals surface area contributed by atoms with E-state index in [2.05, 4.69) is 9.97 Å². The van der Waals surface area contributed by atoms with Gasteiger partial charge in [0.05, 0.1) is 29.6 Å². The van der Waals surface area contributed by atoms with Crippen LogP contribution in [-0.4, -0.2) is 49.9 Å². The van der Waals surface area contributed by atoms with Gasteiger partial charge in [0.1, 0.15) is 5.82 Å². The van der Waals surface area contributed by atoms with Crippen LogP contribution in [0, 0.1) is 5.92 Å². The molecule has 0 amide bonds. The summed E-state index contributed by atoms with van der Waals surface area (Å²) in [5.41, 5.74) is 1.57. The molecule has 0 spiro atoms. The van der Waals surface area contributed by atoms with Crippen molar-refractivity contribution in [3.63, 3.8) is 0 Å². The number of fused-ring (bicyclic) bond motifs is 1. The van der Waals surface area contributed by atoms with Crippen LogP contribution in [0.4, 0.5) is 5.82 Å². The Bertz CT molecular complexity index is 960. The molecule has 1 saturated heterocycles. The lowest BCUT2D eigenvalue weighted by atomic mass is 9.96. The second kappa shape index (κ2) is 6.59. The normalized spacial score (nSPS) is 20.5. The fourth-order valence-corrected chi connectivity index (χ4v) is 3.55. The number of carboxylic acid groups (broad SMARTS) is 1. The number of imidazole rings is 1. The molecule has 2 N–H and O–H groups in total. The van der Waals surface area contributed by atoms with Gasteiger partial charge < -0.3 is 19.7 Å². The van der Waals surface area contributed by atoms with Gasteiger partial charge in [0.15, 0.2) is 0 Å². The number of piperidine rings is 1. The van der Waals surface area contributed by atoms with Crippen molar-refractivity contribution in [2.45, 2.75) is 12.5 Å². The average Bonchev–Trinajstić information content (AvgIpc) is 3.14. The average molecular weight is 373 g/mol. The lowest BCUT2D eigenvalue weighted by molar-refractivity contribution is -0.143. The zero-order valence-corrected chi connectivity index (χ0v) is 14.5. The van der Waals surface area contributed by atoms with Gasteiger partial charge in [0, 0.05) is 42.0 Å². The maximum atomic E-state index is 11.4. The number of aliphatic hydroxyl groups excluding tert-OH is 1. The Balaban J connectivity index is 1.83. The van der Waals surface area contributed by atoms with Gasteiger partial charge in [-0.05, 0) is 24.6 Å². The molecule has 8 heteroatoms. The fourth-order valence-electron chi connectivity index (χ4n) is 3.39. The van der Waals surface area contributed by atoms with Crippen molar-refractivity contribution in [2.75, 3.05) is 18.0 Å². The first-order valence-corrected chi connectivity index (χ1v) is 8.63. The van der Waals surface area contributed by atoms with E-state index < -0.39 is 18.0 Å². The number of β-amino-alcohol motifs (C(OH)–C–C–N with tert-alkyl or cyclic N) is 1. The van der Waals surface area contributed by atoms with Crippen molar-refractivity contribution < 1.29 is 15.0 Å². The first-order valence-electron chi connectivity index (χ1n) is 8.25. The molecule has 2 aromatic heterocycles. The lowest BCUT2D eigenvalue weighted by Crippen LogP contribution is -2.46. The highest BCUT2D eigenvalue weighted by Gasteiger charge is 2.31. The number of pyridine rings is 1. The predicted octanol–water partition coefficient (Wildman–Crippen LogP) is 2.35. The maximum Gasteiger partial charge on any atom is 0.308 e. The molecule has 0 saturated carbocycles. The maximum absolute atomic E-state index is 11.4. The van der Waals surface area contributed by atoms with Crippen molar-refractivity contribution in [3.8, 4) is 5.69 Å². The number of halogens is 1. The van der Waals surface area contributed by atoms with Gasteiger partial charge in [-0.15, -0.1) is 0 Å². The molecule has 0 bridgehead atoms. The Labute approximate surface area is 154 Å². The van der Waals surface area contributed by atoms with E-state index in [4.69, 9.17) is 11.6 Å². The Morgan fingerprint density at radius 1 is 1.27 bits per heavy atom. The summed E-state index contributed by atoms with van der Waals surface area (Å²) in [7, 11) is 0. The quantitative estimate of drug-likeness (QED) is 0.733. The molecular weight excluding hydrogens is 356 g/mol. The predicted molar refractivity (Wildman–Crippen MR) is 97.8 cm³/mol. The topological polar surface area (TPSA) is 91.5 Å². The second-order valence-electron chi connectivity index (χ2n) is 6.46. The van der Waals surface area contributed by atoms with Crippen LogP contribution in [0.3, 0.4) is 0 Å². The Kier molecular flexibility index (Phi) is 4.26. The summed E-state index contributed by atoms with van der Waals surface area (Å²) in [4.78, 5) is 22.0. The van der Waals surface area contributed by atoms with E-state index in [1.54, 1.807) is 24.7 Å². The number of rotatable bonds is 3. The van der Waals surface area contributed by atoms with Gasteiger partial charge in [-0.3, -0.25) is 4.79 Å². The van der Waals surface area contributed by atoms with Crippen molar-refractivity contribution >= 4 is 34.3 Å². The second-order valence-corrected chi connectivity index (χ2v) is 6.90. The van der Waals surface area contributed by atoms with Crippen LogP contribution >= 0.6 is 11.6 Å². The minimum Gasteiger partial charge on any atom is -0.481 e. The van der Waals surface area contributed by atoms with Crippen LogP contribution in [-0.2, 0) is 4.79 Å². The number of anilines is 1. The van der Waals surface area contributed by atoms with Crippen LogP contribution < -0.4 is 4.90 Å². The van der Waals surface area contributed by atoms with E-state index in [9.17, 15) is 15.0 Å². The summed E-state index contributed by atoms with van der Waals surface area (Å²) in [6.07, 6.45) is 4.75. The molecule has 0 aliphatic carbocycles. The van der Waals surface area contributed by atoms with Gasteiger partial charge in [0.2, 0.25) is 0 Å². The van der Waals surface area contributed by atoms with Gasteiger partial charge >= 0.3 is 5.97 Å². The molecule has 7 nitrogen and oxygen atoms in total. The number of aromatic nitrogens is 3. The van der Waals surface area contributed by atoms with Crippen molar-refractivity contribution in [1.82, 2.24) is 14.5 Å². The Morgan fingerprint density at radius 3 is 2.85 bits per heavy atom. The third kappa shape index (κ3) is 3.11. The number of hydrogen-bond acceptors (Lipinski definition) is 5. The molecule has 2 unspecified atom stereocenters. The molecule has 1 aliphatic rings. The van der Waals surface area contributed by atoms with E-state index in [1.807, 2.05) is 27.8 Å². The highest BCUT2D eigenvalue weighted by molar-refractivity contribution is 6.31. The number of aliphatic carboxylic acids is 1. The lowest BCUT2D eigenvalue weighted by Gasteiger charge is -2.35. The third-order valence-electron chi connectivity index (χ3n) is 4.62. The molecule has 3 aromatic rings. The van der Waals surface area contributed by atoms with Crippen molar-refractivity contribution in [2.24, 2.45) is 5.92 Å². The van der Waals surface area contributed by atoms with Crippen molar-refractivity contribution in [3.05, 3.63) is 48.0 Å². The summed E-state index contributed by atoms with van der Waals surface area (Å²) < 4.78 is 1.87. The smallest absolute Gasteiger partial charge is 0.308 e. The minimum absolute atomic E-state index is 0.250. The minimum atomic E-state index is -0.910. The van der Waals surface area contributed by atoms with E-state index in [-0.39, 0.29) is 6.42 Å². The van der Waals surface area contributed by atoms with Gasteiger partial charge in [-0.1, -0.05) is 11.6 Å². The van der Waals surface area contributed by atoms with Crippen LogP contribution in [0.1, 0.15) is 6.42 Å². The van der Waals surface area contributed by atoms with E-state index in [0.717, 1.165) is 11.1 Å². The highest BCUT2D eigenvalue weighted by Crippen LogP contribution is 2.30. The van der Waals surface area contributed by atoms with E-state index in [1.165, 1.54) is 0 Å². The summed E-state index contributed by atoms with van der Waals surface area (Å²) in [5.74, 6) is -0.937. The summed E-state index contributed by atoms with van der Waals surface area (Å²) >= 11 is 6.13. The SMILES string of the molecule is O=C(O)C1CC(O)CN(c2cc(-n3ccnc3)c3ccc(Cl)cc3n2)C1. The summed E-state index contributed by atoms with van der Waals surface area (Å²) in [6, 6.07) is 7.36. The van der Waals surface area contributed by atoms with Crippen LogP contribution in [0.5, 0.6) is 0 Å². The van der Waals surface area contributed by atoms with Gasteiger partial charge in [-0.25, -0.2) is 9.97 Å². The molecule has 1 aliphatic heterocycles. The molecule has 26 heavy (non-hydrogen) atoms. The molecule has 1 fully saturated rings. The molecule has 2 atom stereocenters. The molecular formula is C18H17ClN4O3. The largest absolute Gasteiger partial charge is 0.481 e. The number of hydrogen-bond donors (Lipinski definition) is 2. The van der Waals surface area contributed by atoms with Crippen LogP contribution in [0.2, 0.25) is 5.02 Å². The zero-order valence-electron chi connectivity index (χ0n) is 13.8.